The summed E-state index contributed by atoms with van der Waals surface area (Å²) in [6.45, 7) is 4.19. The van der Waals surface area contributed by atoms with Crippen LogP contribution >= 0.6 is 0 Å². The van der Waals surface area contributed by atoms with Crippen molar-refractivity contribution in [2.45, 2.75) is 13.8 Å². The average Bonchev–Trinajstić information content (AvgIpc) is 3.89. The first-order chi connectivity index (χ1) is 27.5. The Morgan fingerprint density at radius 3 is 1.50 bits per heavy atom. The molecule has 0 amide bonds. The van der Waals surface area contributed by atoms with E-state index in [0.717, 1.165) is 89.4 Å². The summed E-state index contributed by atoms with van der Waals surface area (Å²) >= 11 is 0. The number of aryl methyl sites for hydroxylation is 2. The molecule has 0 aliphatic rings. The molecule has 0 atom stereocenters. The van der Waals surface area contributed by atoms with E-state index in [1.807, 2.05) is 42.5 Å². The number of nitrogens with zero attached hydrogens (tertiary/aromatic N) is 4. The summed E-state index contributed by atoms with van der Waals surface area (Å²) in [6, 6.07) is 56.0. The number of benzene rings is 6. The first kappa shape index (κ1) is 33.2. The van der Waals surface area contributed by atoms with Crippen LogP contribution in [0.15, 0.2) is 179 Å². The van der Waals surface area contributed by atoms with E-state index in [1.165, 1.54) is 11.1 Å². The van der Waals surface area contributed by atoms with E-state index < -0.39 is 0 Å². The van der Waals surface area contributed by atoms with E-state index in [-0.39, 0.29) is 0 Å². The first-order valence-corrected chi connectivity index (χ1v) is 18.6. The fraction of sp³-hybridized carbons (Fsp3) is 0.0400. The average molecular weight is 723 g/mol. The number of fused-ring (bicyclic) bond motifs is 2. The van der Waals surface area contributed by atoms with Crippen molar-refractivity contribution in [3.63, 3.8) is 0 Å². The van der Waals surface area contributed by atoms with Gasteiger partial charge in [-0.25, -0.2) is 15.0 Å². The number of hydrogen-bond acceptors (Lipinski definition) is 6. The molecule has 0 bridgehead atoms. The quantitative estimate of drug-likeness (QED) is 0.163. The van der Waals surface area contributed by atoms with Crippen molar-refractivity contribution in [3.05, 3.63) is 181 Å². The van der Waals surface area contributed by atoms with E-state index >= 15 is 0 Å². The highest BCUT2D eigenvalue weighted by molar-refractivity contribution is 5.85. The van der Waals surface area contributed by atoms with Gasteiger partial charge in [-0.05, 0) is 126 Å². The number of oxazole rings is 2. The second kappa shape index (κ2) is 13.8. The monoisotopic (exact) mass is 722 g/mol. The van der Waals surface area contributed by atoms with Crippen LogP contribution in [0.1, 0.15) is 11.1 Å². The SMILES string of the molecule is Cc1cc2nc(-c3ccc(-c4ccc(-c5nc(-c6ccccn6)ccc5-c5ccc(-c6ccc(-c7nc8ccccc8o7)cc6)cc5)cc4)cc3)oc2cc1C. The molecule has 0 fully saturated rings. The Morgan fingerprint density at radius 2 is 0.893 bits per heavy atom. The minimum atomic E-state index is 0.620. The third kappa shape index (κ3) is 6.23. The Hall–Kier alpha value is -7.44. The molecule has 0 spiro atoms. The van der Waals surface area contributed by atoms with Gasteiger partial charge in [0.2, 0.25) is 11.8 Å². The molecule has 4 heterocycles. The lowest BCUT2D eigenvalue weighted by atomic mass is 9.95. The maximum absolute atomic E-state index is 6.12. The van der Waals surface area contributed by atoms with Gasteiger partial charge in [0.15, 0.2) is 11.2 Å². The molecule has 0 unspecified atom stereocenters. The number of pyridine rings is 2. The fourth-order valence-corrected chi connectivity index (χ4v) is 7.14. The van der Waals surface area contributed by atoms with Crippen LogP contribution in [0.25, 0.3) is 101 Å². The topological polar surface area (TPSA) is 77.8 Å². The van der Waals surface area contributed by atoms with Crippen molar-refractivity contribution in [2.75, 3.05) is 0 Å². The summed E-state index contributed by atoms with van der Waals surface area (Å²) in [5, 5.41) is 0. The molecule has 0 saturated carbocycles. The van der Waals surface area contributed by atoms with Gasteiger partial charge in [0.1, 0.15) is 11.0 Å². The molecular formula is C50H34N4O2. The van der Waals surface area contributed by atoms with Crippen LogP contribution in [-0.4, -0.2) is 19.9 Å². The van der Waals surface area contributed by atoms with Crippen LogP contribution in [0.4, 0.5) is 0 Å². The lowest BCUT2D eigenvalue weighted by Gasteiger charge is -2.13. The zero-order chi connectivity index (χ0) is 37.6. The van der Waals surface area contributed by atoms with Crippen LogP contribution in [0, 0.1) is 13.8 Å². The molecular weight excluding hydrogens is 689 g/mol. The highest BCUT2D eigenvalue weighted by Gasteiger charge is 2.15. The van der Waals surface area contributed by atoms with Crippen molar-refractivity contribution < 1.29 is 8.83 Å². The number of hydrogen-bond donors (Lipinski definition) is 0. The van der Waals surface area contributed by atoms with Crippen molar-refractivity contribution in [3.8, 4) is 78.9 Å². The summed E-state index contributed by atoms with van der Waals surface area (Å²) in [5.41, 5.74) is 17.8. The fourth-order valence-electron chi connectivity index (χ4n) is 7.14. The molecule has 0 saturated heterocycles. The summed E-state index contributed by atoms with van der Waals surface area (Å²) in [6.07, 6.45) is 1.80. The molecule has 6 aromatic carbocycles. The van der Waals surface area contributed by atoms with E-state index in [0.29, 0.717) is 11.8 Å². The molecule has 0 radical (unpaired) electrons. The van der Waals surface area contributed by atoms with E-state index in [4.69, 9.17) is 18.8 Å². The largest absolute Gasteiger partial charge is 0.436 e. The molecule has 56 heavy (non-hydrogen) atoms. The number of rotatable bonds is 7. The second-order valence-electron chi connectivity index (χ2n) is 14.0. The summed E-state index contributed by atoms with van der Waals surface area (Å²) < 4.78 is 12.1. The van der Waals surface area contributed by atoms with Gasteiger partial charge in [-0.3, -0.25) is 4.98 Å². The van der Waals surface area contributed by atoms with E-state index in [2.05, 4.69) is 145 Å². The van der Waals surface area contributed by atoms with Crippen LogP contribution in [0.3, 0.4) is 0 Å². The minimum absolute atomic E-state index is 0.620. The van der Waals surface area contributed by atoms with Gasteiger partial charge in [-0.2, -0.15) is 0 Å². The summed E-state index contributed by atoms with van der Waals surface area (Å²) in [5.74, 6) is 1.25. The molecule has 6 heteroatoms. The predicted molar refractivity (Wildman–Crippen MR) is 225 cm³/mol. The third-order valence-electron chi connectivity index (χ3n) is 10.4. The Balaban J connectivity index is 0.938. The lowest BCUT2D eigenvalue weighted by Crippen LogP contribution is -1.94. The van der Waals surface area contributed by atoms with Gasteiger partial charge < -0.3 is 8.83 Å². The van der Waals surface area contributed by atoms with Gasteiger partial charge in [0.25, 0.3) is 0 Å². The van der Waals surface area contributed by atoms with Crippen molar-refractivity contribution in [2.24, 2.45) is 0 Å². The normalized spacial score (nSPS) is 11.4. The van der Waals surface area contributed by atoms with Crippen LogP contribution in [0.5, 0.6) is 0 Å². The van der Waals surface area contributed by atoms with E-state index in [9.17, 15) is 0 Å². The highest BCUT2D eigenvalue weighted by Crippen LogP contribution is 2.36. The zero-order valence-electron chi connectivity index (χ0n) is 30.8. The van der Waals surface area contributed by atoms with Gasteiger partial charge in [0, 0.05) is 28.5 Å². The number of para-hydroxylation sites is 2. The van der Waals surface area contributed by atoms with Gasteiger partial charge in [-0.1, -0.05) is 91.0 Å². The second-order valence-corrected chi connectivity index (χ2v) is 14.0. The highest BCUT2D eigenvalue weighted by atomic mass is 16.4. The molecule has 0 aliphatic carbocycles. The van der Waals surface area contributed by atoms with Gasteiger partial charge in [0.05, 0.1) is 17.1 Å². The molecule has 10 rings (SSSR count). The molecule has 266 valence electrons. The van der Waals surface area contributed by atoms with Crippen molar-refractivity contribution in [1.29, 1.82) is 0 Å². The smallest absolute Gasteiger partial charge is 0.227 e. The Labute approximate surface area is 323 Å². The Kier molecular flexibility index (Phi) is 8.15. The maximum Gasteiger partial charge on any atom is 0.227 e. The standard InChI is InChI=1S/C50H34N4O2/c1-31-29-45-47(30-32(31)2)56-50(54-45)40-24-16-36(17-25-40)34-12-20-38(21-13-34)48-41(26-27-43(52-48)42-7-5-6-28-51-42)37-18-10-33(11-19-37)35-14-22-39(23-15-35)49-53-44-8-3-4-9-46(44)55-49/h3-30H,1-2H3. The summed E-state index contributed by atoms with van der Waals surface area (Å²) in [4.78, 5) is 19.2. The minimum Gasteiger partial charge on any atom is -0.436 e. The summed E-state index contributed by atoms with van der Waals surface area (Å²) in [7, 11) is 0. The molecule has 10 aromatic rings. The predicted octanol–water partition coefficient (Wildman–Crippen LogP) is 13.0. The third-order valence-corrected chi connectivity index (χ3v) is 10.4. The number of aromatic nitrogens is 4. The molecule has 6 nitrogen and oxygen atoms in total. The van der Waals surface area contributed by atoms with Gasteiger partial charge >= 0.3 is 0 Å². The lowest BCUT2D eigenvalue weighted by molar-refractivity contribution is 0.619. The van der Waals surface area contributed by atoms with E-state index in [1.54, 1.807) is 6.20 Å². The first-order valence-electron chi connectivity index (χ1n) is 18.6. The van der Waals surface area contributed by atoms with Crippen molar-refractivity contribution >= 4 is 22.2 Å². The maximum atomic E-state index is 6.12. The Morgan fingerprint density at radius 1 is 0.375 bits per heavy atom. The molecule has 4 aromatic heterocycles. The van der Waals surface area contributed by atoms with Crippen LogP contribution < -0.4 is 0 Å². The van der Waals surface area contributed by atoms with Crippen LogP contribution in [-0.2, 0) is 0 Å². The zero-order valence-corrected chi connectivity index (χ0v) is 30.8. The molecule has 0 N–H and O–H groups in total. The molecule has 0 aliphatic heterocycles. The van der Waals surface area contributed by atoms with Gasteiger partial charge in [-0.15, -0.1) is 0 Å². The Bertz CT molecular complexity index is 2930. The van der Waals surface area contributed by atoms with Crippen LogP contribution in [0.2, 0.25) is 0 Å². The van der Waals surface area contributed by atoms with Crippen molar-refractivity contribution in [1.82, 2.24) is 19.9 Å².